The van der Waals surface area contributed by atoms with Crippen LogP contribution in [0.5, 0.6) is 0 Å². The largest absolute Gasteiger partial charge is 0.467 e. The van der Waals surface area contributed by atoms with E-state index >= 15 is 0 Å². The first-order valence-electron chi connectivity index (χ1n) is 6.25. The Kier molecular flexibility index (Phi) is 7.13. The number of methoxy groups -OCH3 is 1. The zero-order valence-electron chi connectivity index (χ0n) is 11.7. The quantitative estimate of drug-likeness (QED) is 0.427. The summed E-state index contributed by atoms with van der Waals surface area (Å²) >= 11 is 1.92. The minimum Gasteiger partial charge on any atom is -0.467 e. The van der Waals surface area contributed by atoms with Crippen LogP contribution in [0.25, 0.3) is 0 Å². The minimum atomic E-state index is -1.03. The Morgan fingerprint density at radius 1 is 1.24 bits per heavy atom. The molecule has 0 aliphatic carbocycles. The Balaban J connectivity index is 3.15. The van der Waals surface area contributed by atoms with Crippen molar-refractivity contribution in [2.45, 2.75) is 13.0 Å². The molecule has 21 heavy (non-hydrogen) atoms. The summed E-state index contributed by atoms with van der Waals surface area (Å²) in [6.07, 6.45) is -0.863. The Hall–Kier alpha value is -1.64. The molecule has 1 aromatic rings. The predicted octanol–water partition coefficient (Wildman–Crippen LogP) is 2.26. The number of hydrogen-bond acceptors (Lipinski definition) is 5. The molecular formula is C14H16INO5. The summed E-state index contributed by atoms with van der Waals surface area (Å²) in [6.45, 7) is 1.73. The highest BCUT2D eigenvalue weighted by Gasteiger charge is 2.36. The molecule has 0 aromatic heterocycles. The van der Waals surface area contributed by atoms with Crippen molar-refractivity contribution in [1.29, 1.82) is 0 Å². The van der Waals surface area contributed by atoms with Gasteiger partial charge in [-0.1, -0.05) is 40.8 Å². The van der Waals surface area contributed by atoms with Crippen molar-refractivity contribution in [1.82, 2.24) is 4.90 Å². The molecular weight excluding hydrogens is 389 g/mol. The number of halogens is 1. The second-order valence-corrected chi connectivity index (χ2v) is 4.81. The number of imide groups is 1. The first-order valence-corrected chi connectivity index (χ1v) is 7.78. The molecule has 0 spiro atoms. The van der Waals surface area contributed by atoms with Gasteiger partial charge in [0, 0.05) is 9.99 Å². The van der Waals surface area contributed by atoms with Gasteiger partial charge in [-0.2, -0.15) is 0 Å². The fourth-order valence-electron chi connectivity index (χ4n) is 1.64. The molecule has 0 aliphatic heterocycles. The molecule has 0 fully saturated rings. The van der Waals surface area contributed by atoms with Crippen molar-refractivity contribution < 1.29 is 23.9 Å². The second-order valence-electron chi connectivity index (χ2n) is 3.93. The van der Waals surface area contributed by atoms with Gasteiger partial charge >= 0.3 is 12.1 Å². The SMILES string of the molecule is CCOC(=O)N(C(=O)c1ccccc1)C(CI)C(=O)OC. The third-order valence-corrected chi connectivity index (χ3v) is 3.47. The summed E-state index contributed by atoms with van der Waals surface area (Å²) in [5, 5.41) is 0. The van der Waals surface area contributed by atoms with Gasteiger partial charge in [0.05, 0.1) is 13.7 Å². The molecule has 0 heterocycles. The number of carbonyl (C=O) groups excluding carboxylic acids is 3. The molecule has 0 radical (unpaired) electrons. The molecule has 114 valence electrons. The van der Waals surface area contributed by atoms with Crippen LogP contribution in [0.15, 0.2) is 30.3 Å². The van der Waals surface area contributed by atoms with E-state index in [-0.39, 0.29) is 11.0 Å². The average molecular weight is 405 g/mol. The lowest BCUT2D eigenvalue weighted by Crippen LogP contribution is -2.50. The molecule has 1 unspecified atom stereocenters. The van der Waals surface area contributed by atoms with Crippen molar-refractivity contribution >= 4 is 40.6 Å². The molecule has 1 rings (SSSR count). The van der Waals surface area contributed by atoms with Crippen LogP contribution in [-0.4, -0.2) is 47.1 Å². The number of nitrogens with zero attached hydrogens (tertiary/aromatic N) is 1. The lowest BCUT2D eigenvalue weighted by atomic mass is 10.1. The lowest BCUT2D eigenvalue weighted by Gasteiger charge is -2.26. The third-order valence-electron chi connectivity index (χ3n) is 2.64. The number of benzene rings is 1. The van der Waals surface area contributed by atoms with E-state index in [1.165, 1.54) is 7.11 Å². The smallest absolute Gasteiger partial charge is 0.417 e. The van der Waals surface area contributed by atoms with Gasteiger partial charge in [-0.15, -0.1) is 0 Å². The normalized spacial score (nSPS) is 11.4. The standard InChI is InChI=1S/C14H16INO5/c1-3-21-14(19)16(11(9-15)13(18)20-2)12(17)10-7-5-4-6-8-10/h4-8,11H,3,9H2,1-2H3. The van der Waals surface area contributed by atoms with Gasteiger partial charge in [0.2, 0.25) is 0 Å². The van der Waals surface area contributed by atoms with Crippen molar-refractivity contribution in [2.75, 3.05) is 18.1 Å². The average Bonchev–Trinajstić information content (AvgIpc) is 2.52. The van der Waals surface area contributed by atoms with E-state index in [1.54, 1.807) is 37.3 Å². The first kappa shape index (κ1) is 17.4. The summed E-state index contributed by atoms with van der Waals surface area (Å²) in [5.41, 5.74) is 0.296. The molecule has 2 amide bonds. The van der Waals surface area contributed by atoms with Crippen LogP contribution in [0.1, 0.15) is 17.3 Å². The third kappa shape index (κ3) is 4.42. The van der Waals surface area contributed by atoms with Crippen LogP contribution in [0.3, 0.4) is 0 Å². The van der Waals surface area contributed by atoms with Gasteiger partial charge in [-0.25, -0.2) is 14.5 Å². The van der Waals surface area contributed by atoms with Crippen LogP contribution in [0.4, 0.5) is 4.79 Å². The van der Waals surface area contributed by atoms with Gasteiger partial charge in [0.1, 0.15) is 6.04 Å². The molecule has 0 bridgehead atoms. The second kappa shape index (κ2) is 8.60. The van der Waals surface area contributed by atoms with Crippen molar-refractivity contribution in [3.05, 3.63) is 35.9 Å². The van der Waals surface area contributed by atoms with E-state index in [9.17, 15) is 14.4 Å². The summed E-state index contributed by atoms with van der Waals surface area (Å²) < 4.78 is 9.74. The monoisotopic (exact) mass is 405 g/mol. The molecule has 7 heteroatoms. The van der Waals surface area contributed by atoms with Gasteiger partial charge in [0.15, 0.2) is 0 Å². The first-order chi connectivity index (χ1) is 10.1. The molecule has 0 aliphatic rings. The number of alkyl halides is 1. The fraction of sp³-hybridized carbons (Fsp3) is 0.357. The molecule has 0 saturated carbocycles. The fourth-order valence-corrected chi connectivity index (χ4v) is 2.39. The molecule has 0 saturated heterocycles. The van der Waals surface area contributed by atoms with E-state index in [4.69, 9.17) is 4.74 Å². The number of esters is 1. The number of carbonyl (C=O) groups is 3. The zero-order valence-corrected chi connectivity index (χ0v) is 13.9. The lowest BCUT2D eigenvalue weighted by molar-refractivity contribution is -0.144. The van der Waals surface area contributed by atoms with Gasteiger partial charge in [0.25, 0.3) is 5.91 Å². The summed E-state index contributed by atoms with van der Waals surface area (Å²) in [4.78, 5) is 37.1. The van der Waals surface area contributed by atoms with Crippen LogP contribution >= 0.6 is 22.6 Å². The van der Waals surface area contributed by atoms with E-state index in [2.05, 4.69) is 4.74 Å². The van der Waals surface area contributed by atoms with Crippen molar-refractivity contribution in [3.8, 4) is 0 Å². The Morgan fingerprint density at radius 2 is 1.86 bits per heavy atom. The highest BCUT2D eigenvalue weighted by Crippen LogP contribution is 2.14. The topological polar surface area (TPSA) is 72.9 Å². The minimum absolute atomic E-state index is 0.104. The van der Waals surface area contributed by atoms with Crippen LogP contribution < -0.4 is 0 Å². The maximum atomic E-state index is 12.5. The predicted molar refractivity (Wildman–Crippen MR) is 84.3 cm³/mol. The van der Waals surface area contributed by atoms with E-state index in [0.29, 0.717) is 5.56 Å². The molecule has 1 atom stereocenters. The highest BCUT2D eigenvalue weighted by atomic mass is 127. The summed E-state index contributed by atoms with van der Waals surface area (Å²) in [7, 11) is 1.21. The van der Waals surface area contributed by atoms with Gasteiger partial charge in [-0.3, -0.25) is 4.79 Å². The highest BCUT2D eigenvalue weighted by molar-refractivity contribution is 14.1. The number of ether oxygens (including phenoxy) is 2. The number of amides is 2. The van der Waals surface area contributed by atoms with E-state index in [0.717, 1.165) is 4.90 Å². The number of hydrogen-bond donors (Lipinski definition) is 0. The van der Waals surface area contributed by atoms with E-state index < -0.39 is 24.0 Å². The van der Waals surface area contributed by atoms with Crippen LogP contribution in [0, 0.1) is 0 Å². The van der Waals surface area contributed by atoms with E-state index in [1.807, 2.05) is 22.6 Å². The molecule has 6 nitrogen and oxygen atoms in total. The van der Waals surface area contributed by atoms with Crippen LogP contribution in [0.2, 0.25) is 0 Å². The Labute approximate surface area is 136 Å². The zero-order chi connectivity index (χ0) is 15.8. The summed E-state index contributed by atoms with van der Waals surface area (Å²) in [5.74, 6) is -1.26. The maximum Gasteiger partial charge on any atom is 0.417 e. The van der Waals surface area contributed by atoms with Gasteiger partial charge < -0.3 is 9.47 Å². The maximum absolute atomic E-state index is 12.5. The van der Waals surface area contributed by atoms with Crippen LogP contribution in [-0.2, 0) is 14.3 Å². The summed E-state index contributed by atoms with van der Waals surface area (Å²) in [6, 6.07) is 7.21. The molecule has 1 aromatic carbocycles. The Morgan fingerprint density at radius 3 is 2.33 bits per heavy atom. The molecule has 0 N–H and O–H groups in total. The number of rotatable bonds is 5. The Bertz CT molecular complexity index is 505. The van der Waals surface area contributed by atoms with Crippen molar-refractivity contribution in [2.24, 2.45) is 0 Å². The van der Waals surface area contributed by atoms with Gasteiger partial charge in [-0.05, 0) is 19.1 Å². The van der Waals surface area contributed by atoms with Crippen molar-refractivity contribution in [3.63, 3.8) is 0 Å².